The van der Waals surface area contributed by atoms with Gasteiger partial charge in [-0.05, 0) is 18.1 Å². The summed E-state index contributed by atoms with van der Waals surface area (Å²) >= 11 is 0. The van der Waals surface area contributed by atoms with Crippen molar-refractivity contribution in [2.24, 2.45) is 5.92 Å². The molecule has 0 radical (unpaired) electrons. The second kappa shape index (κ2) is 6.19. The van der Waals surface area contributed by atoms with Crippen LogP contribution < -0.4 is 0 Å². The van der Waals surface area contributed by atoms with Gasteiger partial charge in [0.2, 0.25) is 0 Å². The predicted molar refractivity (Wildman–Crippen MR) is 75.7 cm³/mol. The fraction of sp³-hybridized carbons (Fsp3) is 0.286. The number of amides is 2. The van der Waals surface area contributed by atoms with Crippen molar-refractivity contribution in [1.82, 2.24) is 5.06 Å². The van der Waals surface area contributed by atoms with Crippen molar-refractivity contribution in [1.29, 1.82) is 0 Å². The van der Waals surface area contributed by atoms with Crippen LogP contribution in [0, 0.1) is 5.92 Å². The molecule has 1 aliphatic rings. The first kappa shape index (κ1) is 15.4. The van der Waals surface area contributed by atoms with Gasteiger partial charge in [0.15, 0.2) is 0 Å². The van der Waals surface area contributed by atoms with E-state index in [1.54, 1.807) is 37.3 Å². The third-order valence-electron chi connectivity index (χ3n) is 3.09. The maximum absolute atomic E-state index is 11.8. The van der Waals surface area contributed by atoms with Crippen molar-refractivity contribution in [3.05, 3.63) is 41.3 Å². The SMILES string of the molecule is CCC1CC(=O)N(OS(=O)(=O)/C=C/c2ccccc2)C1=O. The van der Waals surface area contributed by atoms with E-state index in [-0.39, 0.29) is 6.42 Å². The third kappa shape index (κ3) is 3.77. The van der Waals surface area contributed by atoms with Gasteiger partial charge in [-0.2, -0.15) is 8.42 Å². The highest BCUT2D eigenvalue weighted by Gasteiger charge is 2.40. The Labute approximate surface area is 123 Å². The zero-order chi connectivity index (χ0) is 15.5. The smallest absolute Gasteiger partial charge is 0.272 e. The number of rotatable bonds is 5. The van der Waals surface area contributed by atoms with E-state index in [2.05, 4.69) is 4.28 Å². The predicted octanol–water partition coefficient (Wildman–Crippen LogP) is 1.70. The molecule has 0 bridgehead atoms. The Kier molecular flexibility index (Phi) is 4.54. The van der Waals surface area contributed by atoms with E-state index < -0.39 is 27.9 Å². The number of hydroxylamine groups is 2. The Hall–Kier alpha value is -1.99. The minimum Gasteiger partial charge on any atom is -0.272 e. The van der Waals surface area contributed by atoms with Crippen LogP contribution in [0.4, 0.5) is 0 Å². The van der Waals surface area contributed by atoms with Gasteiger partial charge < -0.3 is 0 Å². The van der Waals surface area contributed by atoms with Crippen molar-refractivity contribution in [2.75, 3.05) is 0 Å². The molecule has 112 valence electrons. The average Bonchev–Trinajstić information content (AvgIpc) is 2.73. The van der Waals surface area contributed by atoms with E-state index in [1.807, 2.05) is 0 Å². The summed E-state index contributed by atoms with van der Waals surface area (Å²) in [5, 5.41) is 1.17. The van der Waals surface area contributed by atoms with E-state index in [9.17, 15) is 18.0 Å². The molecule has 21 heavy (non-hydrogen) atoms. The maximum Gasteiger partial charge on any atom is 0.311 e. The quantitative estimate of drug-likeness (QED) is 0.773. The van der Waals surface area contributed by atoms with Crippen LogP contribution in [0.2, 0.25) is 0 Å². The largest absolute Gasteiger partial charge is 0.311 e. The first-order valence-corrected chi connectivity index (χ1v) is 7.94. The summed E-state index contributed by atoms with van der Waals surface area (Å²) in [6.07, 6.45) is 1.77. The summed E-state index contributed by atoms with van der Waals surface area (Å²) < 4.78 is 28.2. The monoisotopic (exact) mass is 309 g/mol. The minimum atomic E-state index is -4.16. The normalized spacial score (nSPS) is 19.7. The van der Waals surface area contributed by atoms with E-state index in [0.29, 0.717) is 17.0 Å². The van der Waals surface area contributed by atoms with Crippen LogP contribution in [-0.4, -0.2) is 25.3 Å². The van der Waals surface area contributed by atoms with Gasteiger partial charge in [-0.25, -0.2) is 0 Å². The van der Waals surface area contributed by atoms with Gasteiger partial charge in [0, 0.05) is 12.3 Å². The number of hydrogen-bond donors (Lipinski definition) is 0. The molecule has 1 unspecified atom stereocenters. The first-order valence-electron chi connectivity index (χ1n) is 6.47. The van der Waals surface area contributed by atoms with Gasteiger partial charge in [-0.1, -0.05) is 37.3 Å². The van der Waals surface area contributed by atoms with E-state index >= 15 is 0 Å². The van der Waals surface area contributed by atoms with Crippen LogP contribution in [0.5, 0.6) is 0 Å². The van der Waals surface area contributed by atoms with Crippen molar-refractivity contribution < 1.29 is 22.3 Å². The van der Waals surface area contributed by atoms with Gasteiger partial charge in [0.1, 0.15) is 0 Å². The zero-order valence-electron chi connectivity index (χ0n) is 11.4. The van der Waals surface area contributed by atoms with Gasteiger partial charge >= 0.3 is 10.1 Å². The second-order valence-corrected chi connectivity index (χ2v) is 6.02. The van der Waals surface area contributed by atoms with E-state index in [0.717, 1.165) is 5.41 Å². The third-order valence-corrected chi connectivity index (χ3v) is 3.92. The Bertz CT molecular complexity index is 666. The Morgan fingerprint density at radius 2 is 1.95 bits per heavy atom. The zero-order valence-corrected chi connectivity index (χ0v) is 12.2. The van der Waals surface area contributed by atoms with Crippen LogP contribution in [0.25, 0.3) is 6.08 Å². The molecule has 1 aromatic rings. The summed E-state index contributed by atoms with van der Waals surface area (Å²) in [5.74, 6) is -1.76. The van der Waals surface area contributed by atoms with E-state index in [1.165, 1.54) is 6.08 Å². The highest BCUT2D eigenvalue weighted by Crippen LogP contribution is 2.23. The Morgan fingerprint density at radius 1 is 1.29 bits per heavy atom. The fourth-order valence-electron chi connectivity index (χ4n) is 1.92. The molecule has 1 aromatic carbocycles. The number of nitrogens with zero attached hydrogens (tertiary/aromatic N) is 1. The second-order valence-electron chi connectivity index (χ2n) is 4.62. The molecule has 0 N–H and O–H groups in total. The molecule has 1 fully saturated rings. The van der Waals surface area contributed by atoms with Crippen molar-refractivity contribution >= 4 is 28.0 Å². The van der Waals surface area contributed by atoms with Crippen molar-refractivity contribution in [3.8, 4) is 0 Å². The molecule has 1 atom stereocenters. The van der Waals surface area contributed by atoms with Crippen LogP contribution in [0.15, 0.2) is 35.7 Å². The lowest BCUT2D eigenvalue weighted by atomic mass is 10.1. The topological polar surface area (TPSA) is 80.8 Å². The lowest BCUT2D eigenvalue weighted by molar-refractivity contribution is -0.164. The summed E-state index contributed by atoms with van der Waals surface area (Å²) in [6.45, 7) is 1.75. The molecule has 2 amide bonds. The van der Waals surface area contributed by atoms with Crippen LogP contribution in [0.3, 0.4) is 0 Å². The Morgan fingerprint density at radius 3 is 2.52 bits per heavy atom. The molecular formula is C14H15NO5S. The highest BCUT2D eigenvalue weighted by atomic mass is 32.2. The molecular weight excluding hydrogens is 294 g/mol. The summed E-state index contributed by atoms with van der Waals surface area (Å²) in [5.41, 5.74) is 0.662. The molecule has 2 rings (SSSR count). The van der Waals surface area contributed by atoms with E-state index in [4.69, 9.17) is 0 Å². The molecule has 0 saturated carbocycles. The van der Waals surface area contributed by atoms with Crippen LogP contribution >= 0.6 is 0 Å². The maximum atomic E-state index is 11.8. The molecule has 1 saturated heterocycles. The van der Waals surface area contributed by atoms with Gasteiger partial charge in [0.25, 0.3) is 11.8 Å². The molecule has 0 aromatic heterocycles. The Balaban J connectivity index is 2.10. The minimum absolute atomic E-state index is 0.0206. The van der Waals surface area contributed by atoms with Gasteiger partial charge in [-0.15, -0.1) is 9.35 Å². The number of benzene rings is 1. The first-order chi connectivity index (χ1) is 9.93. The summed E-state index contributed by atoms with van der Waals surface area (Å²) in [7, 11) is -4.16. The van der Waals surface area contributed by atoms with Crippen LogP contribution in [0.1, 0.15) is 25.3 Å². The molecule has 0 aliphatic carbocycles. The summed E-state index contributed by atoms with van der Waals surface area (Å²) in [6, 6.07) is 8.74. The molecule has 6 nitrogen and oxygen atoms in total. The number of imide groups is 1. The molecule has 0 spiro atoms. The van der Waals surface area contributed by atoms with Gasteiger partial charge in [0.05, 0.1) is 5.41 Å². The number of carbonyl (C=O) groups is 2. The molecule has 1 aliphatic heterocycles. The standard InChI is InChI=1S/C14H15NO5S/c1-2-12-10-13(16)15(14(12)17)20-21(18,19)9-8-11-6-4-3-5-7-11/h3-9,12H,2,10H2,1H3/b9-8+. The van der Waals surface area contributed by atoms with Crippen molar-refractivity contribution in [2.45, 2.75) is 19.8 Å². The van der Waals surface area contributed by atoms with Crippen molar-refractivity contribution in [3.63, 3.8) is 0 Å². The lowest BCUT2D eigenvalue weighted by Gasteiger charge is -2.11. The summed E-state index contributed by atoms with van der Waals surface area (Å²) in [4.78, 5) is 23.4. The molecule has 1 heterocycles. The fourth-order valence-corrected chi connectivity index (χ4v) is 2.66. The number of hydrogen-bond acceptors (Lipinski definition) is 5. The van der Waals surface area contributed by atoms with Crippen LogP contribution in [-0.2, 0) is 24.0 Å². The highest BCUT2D eigenvalue weighted by molar-refractivity contribution is 7.89. The molecule has 7 heteroatoms. The number of carbonyl (C=O) groups excluding carboxylic acids is 2. The average molecular weight is 309 g/mol. The van der Waals surface area contributed by atoms with Gasteiger partial charge in [-0.3, -0.25) is 9.59 Å². The lowest BCUT2D eigenvalue weighted by Crippen LogP contribution is -2.32.